The molecule has 1 atom stereocenters. The van der Waals surface area contributed by atoms with Gasteiger partial charge < -0.3 is 14.8 Å². The minimum Gasteiger partial charge on any atom is -0.384 e. The van der Waals surface area contributed by atoms with Crippen LogP contribution >= 0.6 is 0 Å². The fraction of sp³-hybridized carbons (Fsp3) is 0.600. The van der Waals surface area contributed by atoms with Crippen LogP contribution in [-0.2, 0) is 14.9 Å². The third-order valence-corrected chi connectivity index (χ3v) is 3.50. The Morgan fingerprint density at radius 2 is 2.06 bits per heavy atom. The molecule has 0 saturated carbocycles. The smallest absolute Gasteiger partial charge is 0.0949 e. The lowest BCUT2D eigenvalue weighted by atomic mass is 9.85. The van der Waals surface area contributed by atoms with E-state index in [9.17, 15) is 0 Å². The van der Waals surface area contributed by atoms with E-state index in [0.29, 0.717) is 0 Å². The number of methoxy groups -OCH3 is 1. The summed E-state index contributed by atoms with van der Waals surface area (Å²) in [6.07, 6.45) is 0.193. The van der Waals surface area contributed by atoms with Crippen LogP contribution in [0.3, 0.4) is 0 Å². The molecule has 3 heteroatoms. The molecular weight excluding hydrogens is 226 g/mol. The lowest BCUT2D eigenvalue weighted by molar-refractivity contribution is 0.0277. The summed E-state index contributed by atoms with van der Waals surface area (Å²) in [5, 5.41) is 3.35. The molecule has 1 fully saturated rings. The lowest BCUT2D eigenvalue weighted by Crippen LogP contribution is -2.33. The zero-order valence-electron chi connectivity index (χ0n) is 11.5. The van der Waals surface area contributed by atoms with Gasteiger partial charge in [-0.2, -0.15) is 0 Å². The second-order valence-electron chi connectivity index (χ2n) is 5.50. The standard InChI is InChI=1S/C15H23NO2/c1-15(2,11-17-3)13-6-4-12(5-7-13)14-10-16-8-9-18-14/h4-7,14,16H,8-11H2,1-3H3. The van der Waals surface area contributed by atoms with Crippen LogP contribution in [0.15, 0.2) is 24.3 Å². The molecule has 0 aliphatic carbocycles. The van der Waals surface area contributed by atoms with Crippen molar-refractivity contribution in [2.45, 2.75) is 25.4 Å². The van der Waals surface area contributed by atoms with E-state index in [-0.39, 0.29) is 11.5 Å². The summed E-state index contributed by atoms with van der Waals surface area (Å²) in [6, 6.07) is 8.72. The van der Waals surface area contributed by atoms with Crippen LogP contribution in [0.2, 0.25) is 0 Å². The third kappa shape index (κ3) is 3.10. The third-order valence-electron chi connectivity index (χ3n) is 3.50. The van der Waals surface area contributed by atoms with Crippen molar-refractivity contribution in [2.24, 2.45) is 0 Å². The highest BCUT2D eigenvalue weighted by molar-refractivity contribution is 5.29. The van der Waals surface area contributed by atoms with Crippen LogP contribution in [0.25, 0.3) is 0 Å². The topological polar surface area (TPSA) is 30.5 Å². The van der Waals surface area contributed by atoms with Crippen molar-refractivity contribution in [1.82, 2.24) is 5.32 Å². The Bertz CT molecular complexity index is 367. The van der Waals surface area contributed by atoms with Crippen molar-refractivity contribution in [2.75, 3.05) is 33.4 Å². The first-order valence-corrected chi connectivity index (χ1v) is 6.55. The van der Waals surface area contributed by atoms with E-state index in [0.717, 1.165) is 26.3 Å². The molecule has 1 aliphatic rings. The summed E-state index contributed by atoms with van der Waals surface area (Å²) in [5.41, 5.74) is 2.61. The monoisotopic (exact) mass is 249 g/mol. The van der Waals surface area contributed by atoms with Gasteiger partial charge in [0, 0.05) is 25.6 Å². The molecule has 1 heterocycles. The fourth-order valence-electron chi connectivity index (χ4n) is 2.37. The van der Waals surface area contributed by atoms with Crippen LogP contribution in [0.4, 0.5) is 0 Å². The molecule has 100 valence electrons. The average molecular weight is 249 g/mol. The normalized spacial score (nSPS) is 20.9. The fourth-order valence-corrected chi connectivity index (χ4v) is 2.37. The second-order valence-corrected chi connectivity index (χ2v) is 5.50. The van der Waals surface area contributed by atoms with Crippen molar-refractivity contribution < 1.29 is 9.47 Å². The minimum atomic E-state index is 0.0545. The quantitative estimate of drug-likeness (QED) is 0.888. The lowest BCUT2D eigenvalue weighted by Gasteiger charge is -2.27. The molecule has 0 bridgehead atoms. The van der Waals surface area contributed by atoms with Gasteiger partial charge in [-0.3, -0.25) is 0 Å². The Hall–Kier alpha value is -0.900. The molecule has 1 aromatic rings. The predicted molar refractivity (Wildman–Crippen MR) is 72.9 cm³/mol. The van der Waals surface area contributed by atoms with E-state index in [1.165, 1.54) is 11.1 Å². The molecular formula is C15H23NO2. The number of nitrogens with one attached hydrogen (secondary N) is 1. The summed E-state index contributed by atoms with van der Waals surface area (Å²) >= 11 is 0. The Balaban J connectivity index is 2.09. The summed E-state index contributed by atoms with van der Waals surface area (Å²) in [6.45, 7) is 7.78. The first-order valence-electron chi connectivity index (χ1n) is 6.55. The number of hydrogen-bond acceptors (Lipinski definition) is 3. The van der Waals surface area contributed by atoms with Gasteiger partial charge in [0.15, 0.2) is 0 Å². The van der Waals surface area contributed by atoms with E-state index < -0.39 is 0 Å². The van der Waals surface area contributed by atoms with E-state index in [4.69, 9.17) is 9.47 Å². The Kier molecular flexibility index (Phi) is 4.38. The summed E-state index contributed by atoms with van der Waals surface area (Å²) in [5.74, 6) is 0. The molecule has 1 N–H and O–H groups in total. The summed E-state index contributed by atoms with van der Waals surface area (Å²) in [7, 11) is 1.75. The molecule has 1 unspecified atom stereocenters. The molecule has 1 saturated heterocycles. The van der Waals surface area contributed by atoms with Crippen molar-refractivity contribution in [3.8, 4) is 0 Å². The van der Waals surface area contributed by atoms with Crippen LogP contribution in [0, 0.1) is 0 Å². The Labute approximate surface area is 109 Å². The zero-order valence-corrected chi connectivity index (χ0v) is 11.5. The highest BCUT2D eigenvalue weighted by Crippen LogP contribution is 2.26. The van der Waals surface area contributed by atoms with Crippen molar-refractivity contribution in [3.63, 3.8) is 0 Å². The van der Waals surface area contributed by atoms with E-state index in [2.05, 4.69) is 43.4 Å². The number of morpholine rings is 1. The SMILES string of the molecule is COCC(C)(C)c1ccc(C2CNCCO2)cc1. The maximum absolute atomic E-state index is 5.75. The van der Waals surface area contributed by atoms with Gasteiger partial charge in [-0.1, -0.05) is 38.1 Å². The van der Waals surface area contributed by atoms with Gasteiger partial charge in [0.2, 0.25) is 0 Å². The van der Waals surface area contributed by atoms with E-state index in [1.807, 2.05) is 0 Å². The minimum absolute atomic E-state index is 0.0545. The highest BCUT2D eigenvalue weighted by Gasteiger charge is 2.21. The maximum Gasteiger partial charge on any atom is 0.0949 e. The molecule has 2 rings (SSSR count). The molecule has 0 amide bonds. The predicted octanol–water partition coefficient (Wildman–Crippen LogP) is 2.27. The molecule has 0 aromatic heterocycles. The van der Waals surface area contributed by atoms with Gasteiger partial charge in [0.05, 0.1) is 19.3 Å². The molecule has 3 nitrogen and oxygen atoms in total. The molecule has 1 aliphatic heterocycles. The van der Waals surface area contributed by atoms with Crippen LogP contribution in [0.5, 0.6) is 0 Å². The molecule has 0 radical (unpaired) electrons. The highest BCUT2D eigenvalue weighted by atomic mass is 16.5. The van der Waals surface area contributed by atoms with Gasteiger partial charge in [-0.05, 0) is 11.1 Å². The molecule has 0 spiro atoms. The second kappa shape index (κ2) is 5.83. The number of ether oxygens (including phenoxy) is 2. The van der Waals surface area contributed by atoms with Crippen LogP contribution in [0.1, 0.15) is 31.1 Å². The van der Waals surface area contributed by atoms with E-state index in [1.54, 1.807) is 7.11 Å². The van der Waals surface area contributed by atoms with Gasteiger partial charge in [0.25, 0.3) is 0 Å². The van der Waals surface area contributed by atoms with Crippen molar-refractivity contribution in [1.29, 1.82) is 0 Å². The van der Waals surface area contributed by atoms with Crippen LogP contribution in [-0.4, -0.2) is 33.4 Å². The first kappa shape index (κ1) is 13.5. The number of benzene rings is 1. The van der Waals surface area contributed by atoms with E-state index >= 15 is 0 Å². The number of rotatable bonds is 4. The van der Waals surface area contributed by atoms with Crippen LogP contribution < -0.4 is 5.32 Å². The first-order chi connectivity index (χ1) is 8.63. The van der Waals surface area contributed by atoms with Gasteiger partial charge in [-0.15, -0.1) is 0 Å². The van der Waals surface area contributed by atoms with Crippen molar-refractivity contribution in [3.05, 3.63) is 35.4 Å². The maximum atomic E-state index is 5.75. The average Bonchev–Trinajstić information content (AvgIpc) is 2.40. The molecule has 18 heavy (non-hydrogen) atoms. The Morgan fingerprint density at radius 1 is 1.33 bits per heavy atom. The zero-order chi connectivity index (χ0) is 13.0. The summed E-state index contributed by atoms with van der Waals surface area (Å²) in [4.78, 5) is 0. The largest absolute Gasteiger partial charge is 0.384 e. The van der Waals surface area contributed by atoms with Gasteiger partial charge in [-0.25, -0.2) is 0 Å². The van der Waals surface area contributed by atoms with Gasteiger partial charge >= 0.3 is 0 Å². The summed E-state index contributed by atoms with van der Waals surface area (Å²) < 4.78 is 11.0. The van der Waals surface area contributed by atoms with Crippen molar-refractivity contribution >= 4 is 0 Å². The van der Waals surface area contributed by atoms with Gasteiger partial charge in [0.1, 0.15) is 0 Å². The molecule has 1 aromatic carbocycles. The Morgan fingerprint density at radius 3 is 2.61 bits per heavy atom. The number of hydrogen-bond donors (Lipinski definition) is 1.